The van der Waals surface area contributed by atoms with Gasteiger partial charge in [-0.2, -0.15) is 0 Å². The van der Waals surface area contributed by atoms with Crippen LogP contribution in [0.2, 0.25) is 0 Å². The molecule has 1 saturated carbocycles. The van der Waals surface area contributed by atoms with Gasteiger partial charge in [0.2, 0.25) is 5.91 Å². The number of rotatable bonds is 5. The second kappa shape index (κ2) is 5.50. The van der Waals surface area contributed by atoms with E-state index in [-0.39, 0.29) is 5.91 Å². The van der Waals surface area contributed by atoms with E-state index < -0.39 is 0 Å². The zero-order chi connectivity index (χ0) is 10.5. The minimum Gasteiger partial charge on any atom is -0.353 e. The summed E-state index contributed by atoms with van der Waals surface area (Å²) in [4.78, 5) is 11.4. The Morgan fingerprint density at radius 1 is 1.20 bits per heavy atom. The van der Waals surface area contributed by atoms with Crippen LogP contribution in [0.3, 0.4) is 0 Å². The van der Waals surface area contributed by atoms with Gasteiger partial charge in [-0.1, -0.05) is 0 Å². The number of carbonyl (C=O) groups excluding carboxylic acids is 1. The van der Waals surface area contributed by atoms with Crippen molar-refractivity contribution in [3.63, 3.8) is 0 Å². The minimum atomic E-state index is 0.270. The molecule has 2 aliphatic rings. The van der Waals surface area contributed by atoms with Gasteiger partial charge in [0, 0.05) is 12.5 Å². The van der Waals surface area contributed by atoms with Gasteiger partial charge in [-0.3, -0.25) is 4.79 Å². The fourth-order valence-corrected chi connectivity index (χ4v) is 2.25. The van der Waals surface area contributed by atoms with Gasteiger partial charge >= 0.3 is 0 Å². The monoisotopic (exact) mass is 210 g/mol. The molecule has 2 rings (SSSR count). The molecule has 15 heavy (non-hydrogen) atoms. The summed E-state index contributed by atoms with van der Waals surface area (Å²) < 4.78 is 0. The van der Waals surface area contributed by atoms with Crippen molar-refractivity contribution in [2.75, 3.05) is 13.1 Å². The molecule has 0 atom stereocenters. The SMILES string of the molecule is O=C(CCCC1CCNCC1)NC1CC1. The van der Waals surface area contributed by atoms with Gasteiger partial charge in [-0.25, -0.2) is 0 Å². The lowest BCUT2D eigenvalue weighted by atomic mass is 9.92. The van der Waals surface area contributed by atoms with Gasteiger partial charge in [0.05, 0.1) is 0 Å². The molecular weight excluding hydrogens is 188 g/mol. The van der Waals surface area contributed by atoms with Crippen molar-refractivity contribution in [2.45, 2.75) is 51.0 Å². The highest BCUT2D eigenvalue weighted by Gasteiger charge is 2.23. The Bertz CT molecular complexity index is 208. The topological polar surface area (TPSA) is 41.1 Å². The van der Waals surface area contributed by atoms with Crippen LogP contribution in [0, 0.1) is 5.92 Å². The summed E-state index contributed by atoms with van der Waals surface area (Å²) in [7, 11) is 0. The van der Waals surface area contributed by atoms with E-state index in [0.29, 0.717) is 6.04 Å². The van der Waals surface area contributed by atoms with Crippen LogP contribution in [0.15, 0.2) is 0 Å². The molecule has 0 aromatic rings. The lowest BCUT2D eigenvalue weighted by Crippen LogP contribution is -2.28. The van der Waals surface area contributed by atoms with Crippen LogP contribution in [0.25, 0.3) is 0 Å². The van der Waals surface area contributed by atoms with Gasteiger partial charge in [0.1, 0.15) is 0 Å². The highest BCUT2D eigenvalue weighted by Crippen LogP contribution is 2.20. The molecule has 0 unspecified atom stereocenters. The lowest BCUT2D eigenvalue weighted by molar-refractivity contribution is -0.121. The molecule has 0 radical (unpaired) electrons. The van der Waals surface area contributed by atoms with E-state index in [1.54, 1.807) is 0 Å². The molecule has 0 spiro atoms. The zero-order valence-electron chi connectivity index (χ0n) is 9.43. The maximum Gasteiger partial charge on any atom is 0.220 e. The maximum absolute atomic E-state index is 11.4. The van der Waals surface area contributed by atoms with Crippen molar-refractivity contribution in [2.24, 2.45) is 5.92 Å². The molecule has 1 saturated heterocycles. The predicted molar refractivity (Wildman–Crippen MR) is 60.6 cm³/mol. The third-order valence-corrected chi connectivity index (χ3v) is 3.42. The maximum atomic E-state index is 11.4. The molecule has 2 fully saturated rings. The summed E-state index contributed by atoms with van der Waals surface area (Å²) in [5.41, 5.74) is 0. The van der Waals surface area contributed by atoms with E-state index in [9.17, 15) is 4.79 Å². The Hall–Kier alpha value is -0.570. The van der Waals surface area contributed by atoms with Crippen LogP contribution < -0.4 is 10.6 Å². The molecule has 1 aliphatic carbocycles. The number of amides is 1. The van der Waals surface area contributed by atoms with Crippen molar-refractivity contribution in [1.82, 2.24) is 10.6 Å². The first kappa shape index (κ1) is 10.9. The second-order valence-corrected chi connectivity index (χ2v) is 4.93. The first-order chi connectivity index (χ1) is 7.34. The van der Waals surface area contributed by atoms with Crippen LogP contribution in [-0.2, 0) is 4.79 Å². The molecule has 1 heterocycles. The van der Waals surface area contributed by atoms with Crippen LogP contribution >= 0.6 is 0 Å². The van der Waals surface area contributed by atoms with Crippen LogP contribution in [0.1, 0.15) is 44.9 Å². The summed E-state index contributed by atoms with van der Waals surface area (Å²) in [5, 5.41) is 6.41. The minimum absolute atomic E-state index is 0.270. The van der Waals surface area contributed by atoms with Crippen molar-refractivity contribution in [1.29, 1.82) is 0 Å². The predicted octanol–water partition coefficient (Wildman–Crippen LogP) is 1.43. The summed E-state index contributed by atoms with van der Waals surface area (Å²) in [5.74, 6) is 1.13. The molecule has 0 aromatic heterocycles. The number of nitrogens with one attached hydrogen (secondary N) is 2. The summed E-state index contributed by atoms with van der Waals surface area (Å²) >= 11 is 0. The third kappa shape index (κ3) is 4.20. The molecule has 0 bridgehead atoms. The average molecular weight is 210 g/mol. The van der Waals surface area contributed by atoms with Gasteiger partial charge in [0.25, 0.3) is 0 Å². The number of piperidine rings is 1. The highest BCUT2D eigenvalue weighted by molar-refractivity contribution is 5.76. The van der Waals surface area contributed by atoms with E-state index in [4.69, 9.17) is 0 Å². The Morgan fingerprint density at radius 3 is 2.60 bits per heavy atom. The average Bonchev–Trinajstić information content (AvgIpc) is 3.03. The molecule has 1 amide bonds. The number of carbonyl (C=O) groups is 1. The Kier molecular flexibility index (Phi) is 4.01. The van der Waals surface area contributed by atoms with E-state index in [2.05, 4.69) is 10.6 Å². The molecule has 3 heteroatoms. The fraction of sp³-hybridized carbons (Fsp3) is 0.917. The summed E-state index contributed by atoms with van der Waals surface area (Å²) in [6.07, 6.45) is 8.03. The van der Waals surface area contributed by atoms with Crippen molar-refractivity contribution in [3.05, 3.63) is 0 Å². The number of hydrogen-bond acceptors (Lipinski definition) is 2. The van der Waals surface area contributed by atoms with Gasteiger partial charge < -0.3 is 10.6 Å². The first-order valence-corrected chi connectivity index (χ1v) is 6.34. The molecule has 0 aromatic carbocycles. The first-order valence-electron chi connectivity index (χ1n) is 6.34. The molecule has 1 aliphatic heterocycles. The largest absolute Gasteiger partial charge is 0.353 e. The summed E-state index contributed by atoms with van der Waals surface area (Å²) in [6.45, 7) is 2.33. The normalized spacial score (nSPS) is 22.7. The molecule has 86 valence electrons. The van der Waals surface area contributed by atoms with Crippen LogP contribution in [0.5, 0.6) is 0 Å². The standard InChI is InChI=1S/C12H22N2O/c15-12(14-11-4-5-11)3-1-2-10-6-8-13-9-7-10/h10-11,13H,1-9H2,(H,14,15). The molecule has 3 nitrogen and oxygen atoms in total. The zero-order valence-corrected chi connectivity index (χ0v) is 9.43. The van der Waals surface area contributed by atoms with E-state index in [0.717, 1.165) is 18.8 Å². The van der Waals surface area contributed by atoms with E-state index >= 15 is 0 Å². The smallest absolute Gasteiger partial charge is 0.220 e. The molecule has 2 N–H and O–H groups in total. The lowest BCUT2D eigenvalue weighted by Gasteiger charge is -2.22. The number of hydrogen-bond donors (Lipinski definition) is 2. The van der Waals surface area contributed by atoms with Crippen LogP contribution in [0.4, 0.5) is 0 Å². The van der Waals surface area contributed by atoms with E-state index in [1.807, 2.05) is 0 Å². The summed E-state index contributed by atoms with van der Waals surface area (Å²) in [6, 6.07) is 0.524. The fourth-order valence-electron chi connectivity index (χ4n) is 2.25. The Labute approximate surface area is 92.0 Å². The van der Waals surface area contributed by atoms with Crippen LogP contribution in [-0.4, -0.2) is 25.0 Å². The Morgan fingerprint density at radius 2 is 1.93 bits per heavy atom. The van der Waals surface area contributed by atoms with Crippen molar-refractivity contribution < 1.29 is 4.79 Å². The van der Waals surface area contributed by atoms with Gasteiger partial charge in [0.15, 0.2) is 0 Å². The van der Waals surface area contributed by atoms with Crippen molar-refractivity contribution in [3.8, 4) is 0 Å². The van der Waals surface area contributed by atoms with Gasteiger partial charge in [-0.15, -0.1) is 0 Å². The highest BCUT2D eigenvalue weighted by atomic mass is 16.1. The Balaban J connectivity index is 1.51. The molecular formula is C12H22N2O. The van der Waals surface area contributed by atoms with E-state index in [1.165, 1.54) is 45.2 Å². The van der Waals surface area contributed by atoms with Gasteiger partial charge in [-0.05, 0) is 57.5 Å². The third-order valence-electron chi connectivity index (χ3n) is 3.42. The second-order valence-electron chi connectivity index (χ2n) is 4.93. The quantitative estimate of drug-likeness (QED) is 0.721. The van der Waals surface area contributed by atoms with Crippen molar-refractivity contribution >= 4 is 5.91 Å².